The van der Waals surface area contributed by atoms with Crippen LogP contribution in [0.4, 0.5) is 8.78 Å². The number of alkyl halides is 2. The first-order valence-electron chi connectivity index (χ1n) is 12.2. The fourth-order valence-electron chi connectivity index (χ4n) is 4.94. The molecule has 38 heavy (non-hydrogen) atoms. The Labute approximate surface area is 214 Å². The number of nitrogens with one attached hydrogen (secondary N) is 2. The molecule has 10 nitrogen and oxygen atoms in total. The Bertz CT molecular complexity index is 1800. The van der Waals surface area contributed by atoms with Gasteiger partial charge >= 0.3 is 0 Å². The van der Waals surface area contributed by atoms with Crippen LogP contribution in [-0.2, 0) is 6.54 Å². The lowest BCUT2D eigenvalue weighted by Crippen LogP contribution is -2.24. The monoisotopic (exact) mass is 512 g/mol. The van der Waals surface area contributed by atoms with Crippen molar-refractivity contribution in [1.82, 2.24) is 49.6 Å². The van der Waals surface area contributed by atoms with Crippen molar-refractivity contribution < 1.29 is 8.78 Å². The van der Waals surface area contributed by atoms with Crippen LogP contribution in [-0.4, -0.2) is 68.6 Å². The molecule has 1 fully saturated rings. The SMILES string of the molecule is Cc1cn(-c2nccc3[nH]c(-c4[nH]nc5ncc(-c6cncc(CN7CCC(F)(F)C7)c6)cc45)nc23)cn1. The van der Waals surface area contributed by atoms with Crippen molar-refractivity contribution in [2.24, 2.45) is 0 Å². The molecule has 0 unspecified atom stereocenters. The van der Waals surface area contributed by atoms with Gasteiger partial charge in [0, 0.05) is 61.6 Å². The molecule has 7 heterocycles. The van der Waals surface area contributed by atoms with Crippen LogP contribution < -0.4 is 0 Å². The normalized spacial score (nSPS) is 15.7. The van der Waals surface area contributed by atoms with Crippen LogP contribution in [0, 0.1) is 6.92 Å². The first-order valence-corrected chi connectivity index (χ1v) is 12.2. The third-order valence-electron chi connectivity index (χ3n) is 6.77. The largest absolute Gasteiger partial charge is 0.336 e. The highest BCUT2D eigenvalue weighted by atomic mass is 19.3. The number of nitrogens with zero attached hydrogens (tertiary/aromatic N) is 8. The van der Waals surface area contributed by atoms with Crippen molar-refractivity contribution in [2.75, 3.05) is 13.1 Å². The highest BCUT2D eigenvalue weighted by Crippen LogP contribution is 2.31. The number of fused-ring (bicyclic) bond motifs is 2. The van der Waals surface area contributed by atoms with Gasteiger partial charge in [-0.1, -0.05) is 0 Å². The van der Waals surface area contributed by atoms with E-state index in [1.807, 2.05) is 35.9 Å². The van der Waals surface area contributed by atoms with E-state index in [2.05, 4.69) is 35.1 Å². The van der Waals surface area contributed by atoms with Crippen LogP contribution in [0.3, 0.4) is 0 Å². The van der Waals surface area contributed by atoms with Gasteiger partial charge in [-0.2, -0.15) is 5.10 Å². The smallest absolute Gasteiger partial charge is 0.261 e. The third kappa shape index (κ3) is 3.98. The Morgan fingerprint density at radius 1 is 1.08 bits per heavy atom. The highest BCUT2D eigenvalue weighted by Gasteiger charge is 2.37. The molecule has 0 aromatic carbocycles. The standard InChI is InChI=1S/C26H22F2N10/c1-15-11-38(14-32-15)25-22-20(2-4-30-25)33-24(34-22)21-19-7-18(10-31-23(19)36-35-21)17-6-16(8-29-9-17)12-37-5-3-26(27,28)13-37/h2,4,6-11,14H,3,5,12-13H2,1H3,(H,33,34)(H,31,35,36). The Hall–Kier alpha value is -4.58. The number of rotatable bonds is 5. The third-order valence-corrected chi connectivity index (χ3v) is 6.77. The number of pyridine rings is 3. The number of aromatic amines is 2. The van der Waals surface area contributed by atoms with Gasteiger partial charge in [0.15, 0.2) is 17.3 Å². The molecule has 0 atom stereocenters. The Morgan fingerprint density at radius 3 is 2.79 bits per heavy atom. The van der Waals surface area contributed by atoms with Crippen LogP contribution in [0.1, 0.15) is 17.7 Å². The van der Waals surface area contributed by atoms with E-state index in [4.69, 9.17) is 4.98 Å². The van der Waals surface area contributed by atoms with Crippen molar-refractivity contribution >= 4 is 22.1 Å². The van der Waals surface area contributed by atoms with Crippen molar-refractivity contribution in [2.45, 2.75) is 25.8 Å². The molecule has 2 N–H and O–H groups in total. The fraction of sp³-hybridized carbons (Fsp3) is 0.231. The van der Waals surface area contributed by atoms with Crippen molar-refractivity contribution in [3.8, 4) is 28.5 Å². The predicted molar refractivity (Wildman–Crippen MR) is 137 cm³/mol. The molecule has 0 amide bonds. The fourth-order valence-corrected chi connectivity index (χ4v) is 4.94. The number of aryl methyl sites for hydroxylation is 1. The molecule has 6 aromatic heterocycles. The molecule has 7 rings (SSSR count). The molecule has 1 aliphatic heterocycles. The number of H-pyrrole nitrogens is 2. The summed E-state index contributed by atoms with van der Waals surface area (Å²) < 4.78 is 29.1. The lowest BCUT2D eigenvalue weighted by atomic mass is 10.1. The molecule has 12 heteroatoms. The second-order valence-electron chi connectivity index (χ2n) is 9.63. The summed E-state index contributed by atoms with van der Waals surface area (Å²) in [5.41, 5.74) is 6.23. The van der Waals surface area contributed by atoms with E-state index in [-0.39, 0.29) is 13.0 Å². The van der Waals surface area contributed by atoms with E-state index in [1.54, 1.807) is 36.0 Å². The van der Waals surface area contributed by atoms with E-state index >= 15 is 0 Å². The zero-order valence-electron chi connectivity index (χ0n) is 20.4. The van der Waals surface area contributed by atoms with Crippen molar-refractivity contribution in [3.63, 3.8) is 0 Å². The van der Waals surface area contributed by atoms with Crippen LogP contribution >= 0.6 is 0 Å². The number of likely N-dealkylation sites (tertiary alicyclic amines) is 1. The zero-order valence-corrected chi connectivity index (χ0v) is 20.4. The van der Waals surface area contributed by atoms with Crippen LogP contribution in [0.5, 0.6) is 0 Å². The summed E-state index contributed by atoms with van der Waals surface area (Å²) in [6.45, 7) is 2.50. The summed E-state index contributed by atoms with van der Waals surface area (Å²) in [5, 5.41) is 8.22. The number of halogens is 2. The van der Waals surface area contributed by atoms with Crippen LogP contribution in [0.15, 0.2) is 55.5 Å². The average Bonchev–Trinajstić information content (AvgIpc) is 3.69. The second kappa shape index (κ2) is 8.48. The number of imidazole rings is 2. The summed E-state index contributed by atoms with van der Waals surface area (Å²) in [4.78, 5) is 27.6. The summed E-state index contributed by atoms with van der Waals surface area (Å²) >= 11 is 0. The molecular formula is C26H22F2N10. The zero-order chi connectivity index (χ0) is 25.9. The van der Waals surface area contributed by atoms with E-state index in [0.29, 0.717) is 41.6 Å². The van der Waals surface area contributed by atoms with E-state index in [1.165, 1.54) is 0 Å². The quantitative estimate of drug-likeness (QED) is 0.354. The van der Waals surface area contributed by atoms with Gasteiger partial charge in [-0.3, -0.25) is 19.5 Å². The first kappa shape index (κ1) is 22.6. The average molecular weight is 513 g/mol. The van der Waals surface area contributed by atoms with Crippen molar-refractivity contribution in [3.05, 3.63) is 66.8 Å². The molecule has 0 spiro atoms. The topological polar surface area (TPSA) is 117 Å². The van der Waals surface area contributed by atoms with E-state index < -0.39 is 5.92 Å². The van der Waals surface area contributed by atoms with Crippen LogP contribution in [0.2, 0.25) is 0 Å². The summed E-state index contributed by atoms with van der Waals surface area (Å²) in [6, 6.07) is 5.82. The minimum atomic E-state index is -2.62. The lowest BCUT2D eigenvalue weighted by molar-refractivity contribution is 0.0115. The summed E-state index contributed by atoms with van der Waals surface area (Å²) in [6.07, 6.45) is 10.4. The molecule has 1 saturated heterocycles. The molecule has 190 valence electrons. The Morgan fingerprint density at radius 2 is 1.97 bits per heavy atom. The molecule has 0 radical (unpaired) electrons. The number of aromatic nitrogens is 9. The molecule has 6 aromatic rings. The molecule has 1 aliphatic rings. The highest BCUT2D eigenvalue weighted by molar-refractivity contribution is 5.94. The Kier molecular flexibility index (Phi) is 5.05. The number of hydrogen-bond donors (Lipinski definition) is 2. The summed E-state index contributed by atoms with van der Waals surface area (Å²) in [5.74, 6) is -1.34. The van der Waals surface area contributed by atoms with Crippen molar-refractivity contribution in [1.29, 1.82) is 0 Å². The molecule has 0 saturated carbocycles. The van der Waals surface area contributed by atoms with Gasteiger partial charge in [0.1, 0.15) is 17.5 Å². The van der Waals surface area contributed by atoms with Gasteiger partial charge in [-0.25, -0.2) is 28.7 Å². The van der Waals surface area contributed by atoms with Gasteiger partial charge in [0.05, 0.1) is 23.1 Å². The maximum atomic E-state index is 13.6. The second-order valence-corrected chi connectivity index (χ2v) is 9.63. The van der Waals surface area contributed by atoms with Gasteiger partial charge in [-0.15, -0.1) is 0 Å². The lowest BCUT2D eigenvalue weighted by Gasteiger charge is -2.15. The van der Waals surface area contributed by atoms with Gasteiger partial charge in [0.2, 0.25) is 0 Å². The minimum Gasteiger partial charge on any atom is -0.336 e. The van der Waals surface area contributed by atoms with E-state index in [9.17, 15) is 8.78 Å². The van der Waals surface area contributed by atoms with E-state index in [0.717, 1.165) is 33.3 Å². The predicted octanol–water partition coefficient (Wildman–Crippen LogP) is 4.29. The van der Waals surface area contributed by atoms with Gasteiger partial charge in [-0.05, 0) is 30.7 Å². The van der Waals surface area contributed by atoms with Gasteiger partial charge < -0.3 is 4.98 Å². The molecular weight excluding hydrogens is 490 g/mol. The minimum absolute atomic E-state index is 0.106. The maximum Gasteiger partial charge on any atom is 0.261 e. The molecule has 0 bridgehead atoms. The maximum absolute atomic E-state index is 13.6. The first-order chi connectivity index (χ1) is 18.4. The van der Waals surface area contributed by atoms with Gasteiger partial charge in [0.25, 0.3) is 5.92 Å². The summed E-state index contributed by atoms with van der Waals surface area (Å²) in [7, 11) is 0. The Balaban J connectivity index is 1.24. The molecule has 0 aliphatic carbocycles. The number of hydrogen-bond acceptors (Lipinski definition) is 7. The van der Waals surface area contributed by atoms with Crippen LogP contribution in [0.25, 0.3) is 50.5 Å².